The molecule has 0 saturated heterocycles. The lowest BCUT2D eigenvalue weighted by Gasteiger charge is -2.21. The summed E-state index contributed by atoms with van der Waals surface area (Å²) in [5, 5.41) is 3.38. The van der Waals surface area contributed by atoms with Gasteiger partial charge in [-0.2, -0.15) is 0 Å². The monoisotopic (exact) mass is 346 g/mol. The van der Waals surface area contributed by atoms with Gasteiger partial charge in [0.15, 0.2) is 0 Å². The van der Waals surface area contributed by atoms with Crippen LogP contribution in [0.3, 0.4) is 0 Å². The van der Waals surface area contributed by atoms with Crippen molar-refractivity contribution < 1.29 is 14.3 Å². The lowest BCUT2D eigenvalue weighted by Crippen LogP contribution is -2.31. The van der Waals surface area contributed by atoms with Crippen molar-refractivity contribution >= 4 is 34.8 Å². The van der Waals surface area contributed by atoms with Crippen molar-refractivity contribution in [1.82, 2.24) is 0 Å². The summed E-state index contributed by atoms with van der Waals surface area (Å²) in [6.45, 7) is 1.75. The molecule has 24 heavy (non-hydrogen) atoms. The molecule has 1 N–H and O–H groups in total. The highest BCUT2D eigenvalue weighted by atomic mass is 35.5. The third-order valence-corrected chi connectivity index (χ3v) is 3.69. The molecule has 0 aliphatic heterocycles. The van der Waals surface area contributed by atoms with Gasteiger partial charge in [0, 0.05) is 42.4 Å². The molecule has 0 spiro atoms. The topological polar surface area (TPSA) is 58.6 Å². The predicted molar refractivity (Wildman–Crippen MR) is 95.7 cm³/mol. The summed E-state index contributed by atoms with van der Waals surface area (Å²) in [5.74, 6) is 0.346. The van der Waals surface area contributed by atoms with Gasteiger partial charge in [-0.25, -0.2) is 0 Å². The van der Waals surface area contributed by atoms with Crippen molar-refractivity contribution in [1.29, 1.82) is 0 Å². The van der Waals surface area contributed by atoms with Gasteiger partial charge in [-0.3, -0.25) is 9.59 Å². The van der Waals surface area contributed by atoms with Crippen molar-refractivity contribution in [2.24, 2.45) is 0 Å². The first kappa shape index (κ1) is 17.8. The number of carbonyl (C=O) groups is 2. The van der Waals surface area contributed by atoms with Gasteiger partial charge in [-0.05, 0) is 36.4 Å². The second-order valence-electron chi connectivity index (χ2n) is 5.18. The van der Waals surface area contributed by atoms with E-state index < -0.39 is 0 Å². The molecule has 0 atom stereocenters. The maximum absolute atomic E-state index is 12.1. The van der Waals surface area contributed by atoms with Crippen LogP contribution in [0, 0.1) is 0 Å². The van der Waals surface area contributed by atoms with E-state index in [0.29, 0.717) is 22.1 Å². The third kappa shape index (κ3) is 4.99. The van der Waals surface area contributed by atoms with Crippen LogP contribution in [-0.4, -0.2) is 25.5 Å². The lowest BCUT2D eigenvalue weighted by atomic mass is 10.2. The maximum atomic E-state index is 12.1. The standard InChI is InChI=1S/C18H19ClN2O3/c1-13(22)21(16-4-3-5-17(12-16)24-2)11-10-18(23)20-15-8-6-14(19)7-9-15/h3-9,12H,10-11H2,1-2H3,(H,20,23). The number of rotatable bonds is 6. The van der Waals surface area contributed by atoms with Gasteiger partial charge in [0.2, 0.25) is 11.8 Å². The second-order valence-corrected chi connectivity index (χ2v) is 5.61. The molecule has 0 unspecified atom stereocenters. The number of ether oxygens (including phenoxy) is 1. The van der Waals surface area contributed by atoms with Crippen LogP contribution in [-0.2, 0) is 9.59 Å². The first-order valence-corrected chi connectivity index (χ1v) is 7.85. The van der Waals surface area contributed by atoms with E-state index in [9.17, 15) is 9.59 Å². The molecule has 2 amide bonds. The minimum absolute atomic E-state index is 0.137. The van der Waals surface area contributed by atoms with Gasteiger partial charge >= 0.3 is 0 Å². The Kier molecular flexibility index (Phi) is 6.21. The third-order valence-electron chi connectivity index (χ3n) is 3.44. The summed E-state index contributed by atoms with van der Waals surface area (Å²) < 4.78 is 5.17. The van der Waals surface area contributed by atoms with Crippen LogP contribution < -0.4 is 15.0 Å². The number of anilines is 2. The molecule has 2 aromatic rings. The van der Waals surface area contributed by atoms with E-state index in [-0.39, 0.29) is 24.8 Å². The number of benzene rings is 2. The first-order valence-electron chi connectivity index (χ1n) is 7.47. The Morgan fingerprint density at radius 1 is 1.17 bits per heavy atom. The molecular formula is C18H19ClN2O3. The van der Waals surface area contributed by atoms with Gasteiger partial charge in [-0.1, -0.05) is 17.7 Å². The molecule has 0 bridgehead atoms. The van der Waals surface area contributed by atoms with Crippen LogP contribution in [0.25, 0.3) is 0 Å². The Bertz CT molecular complexity index is 716. The van der Waals surface area contributed by atoms with Crippen molar-refractivity contribution in [3.05, 3.63) is 53.6 Å². The van der Waals surface area contributed by atoms with Gasteiger partial charge in [0.1, 0.15) is 5.75 Å². The Balaban J connectivity index is 1.99. The summed E-state index contributed by atoms with van der Waals surface area (Å²) in [7, 11) is 1.57. The summed E-state index contributed by atoms with van der Waals surface area (Å²) >= 11 is 5.81. The molecule has 0 aromatic heterocycles. The van der Waals surface area contributed by atoms with Crippen molar-refractivity contribution in [3.8, 4) is 5.75 Å². The number of hydrogen-bond donors (Lipinski definition) is 1. The molecule has 0 saturated carbocycles. The first-order chi connectivity index (χ1) is 11.5. The zero-order valence-electron chi connectivity index (χ0n) is 13.6. The quantitative estimate of drug-likeness (QED) is 0.867. The fourth-order valence-corrected chi connectivity index (χ4v) is 2.34. The largest absolute Gasteiger partial charge is 0.497 e. The molecule has 126 valence electrons. The van der Waals surface area contributed by atoms with Gasteiger partial charge in [0.05, 0.1) is 7.11 Å². The highest BCUT2D eigenvalue weighted by Gasteiger charge is 2.14. The highest BCUT2D eigenvalue weighted by Crippen LogP contribution is 2.21. The van der Waals surface area contributed by atoms with E-state index in [0.717, 1.165) is 0 Å². The summed E-state index contributed by atoms with van der Waals surface area (Å²) in [6, 6.07) is 14.0. The van der Waals surface area contributed by atoms with E-state index in [1.54, 1.807) is 60.5 Å². The molecule has 6 heteroatoms. The molecule has 0 fully saturated rings. The van der Waals surface area contributed by atoms with Crippen LogP contribution in [0.2, 0.25) is 5.02 Å². The number of nitrogens with one attached hydrogen (secondary N) is 1. The van der Waals surface area contributed by atoms with Gasteiger partial charge in [0.25, 0.3) is 0 Å². The van der Waals surface area contributed by atoms with E-state index in [2.05, 4.69) is 5.32 Å². The fraction of sp³-hybridized carbons (Fsp3) is 0.222. The number of halogens is 1. The van der Waals surface area contributed by atoms with Crippen LogP contribution in [0.5, 0.6) is 5.75 Å². The van der Waals surface area contributed by atoms with Crippen LogP contribution in [0.1, 0.15) is 13.3 Å². The fourth-order valence-electron chi connectivity index (χ4n) is 2.22. The average Bonchev–Trinajstić information content (AvgIpc) is 2.57. The Hall–Kier alpha value is -2.53. The van der Waals surface area contributed by atoms with Gasteiger partial charge in [-0.15, -0.1) is 0 Å². The Labute approximate surface area is 146 Å². The molecule has 2 rings (SSSR count). The number of nitrogens with zero attached hydrogens (tertiary/aromatic N) is 1. The Morgan fingerprint density at radius 2 is 1.88 bits per heavy atom. The van der Waals surface area contributed by atoms with E-state index in [1.807, 2.05) is 0 Å². The Morgan fingerprint density at radius 3 is 2.50 bits per heavy atom. The molecule has 0 heterocycles. The smallest absolute Gasteiger partial charge is 0.226 e. The second kappa shape index (κ2) is 8.36. The number of amides is 2. The van der Waals surface area contributed by atoms with Crippen molar-refractivity contribution in [2.75, 3.05) is 23.9 Å². The van der Waals surface area contributed by atoms with Crippen molar-refractivity contribution in [2.45, 2.75) is 13.3 Å². The van der Waals surface area contributed by atoms with Crippen LogP contribution in [0.4, 0.5) is 11.4 Å². The predicted octanol–water partition coefficient (Wildman–Crippen LogP) is 3.73. The SMILES string of the molecule is COc1cccc(N(CCC(=O)Nc2ccc(Cl)cc2)C(C)=O)c1. The van der Waals surface area contributed by atoms with E-state index in [4.69, 9.17) is 16.3 Å². The zero-order chi connectivity index (χ0) is 17.5. The average molecular weight is 347 g/mol. The maximum Gasteiger partial charge on any atom is 0.226 e. The zero-order valence-corrected chi connectivity index (χ0v) is 14.3. The summed E-state index contributed by atoms with van der Waals surface area (Å²) in [6.07, 6.45) is 0.180. The number of methoxy groups -OCH3 is 1. The molecule has 0 radical (unpaired) electrons. The van der Waals surface area contributed by atoms with Crippen LogP contribution >= 0.6 is 11.6 Å². The molecule has 0 aliphatic rings. The minimum Gasteiger partial charge on any atom is -0.497 e. The van der Waals surface area contributed by atoms with E-state index >= 15 is 0 Å². The molecule has 2 aromatic carbocycles. The summed E-state index contributed by atoms with van der Waals surface area (Å²) in [4.78, 5) is 25.5. The van der Waals surface area contributed by atoms with E-state index in [1.165, 1.54) is 6.92 Å². The minimum atomic E-state index is -0.175. The highest BCUT2D eigenvalue weighted by molar-refractivity contribution is 6.30. The van der Waals surface area contributed by atoms with Gasteiger partial charge < -0.3 is 15.0 Å². The summed E-state index contributed by atoms with van der Waals surface area (Å²) in [5.41, 5.74) is 1.36. The molecule has 5 nitrogen and oxygen atoms in total. The van der Waals surface area contributed by atoms with Crippen LogP contribution in [0.15, 0.2) is 48.5 Å². The molecule has 0 aliphatic carbocycles. The van der Waals surface area contributed by atoms with Crippen molar-refractivity contribution in [3.63, 3.8) is 0 Å². The normalized spacial score (nSPS) is 10.1. The molecular weight excluding hydrogens is 328 g/mol. The number of hydrogen-bond acceptors (Lipinski definition) is 3. The number of carbonyl (C=O) groups excluding carboxylic acids is 2. The lowest BCUT2D eigenvalue weighted by molar-refractivity contribution is -0.117.